The van der Waals surface area contributed by atoms with Crippen molar-refractivity contribution in [3.05, 3.63) is 47.2 Å². The van der Waals surface area contributed by atoms with Crippen LogP contribution in [0.2, 0.25) is 0 Å². The quantitative estimate of drug-likeness (QED) is 0.230. The summed E-state index contributed by atoms with van der Waals surface area (Å²) in [5, 5.41) is 13.6. The highest BCUT2D eigenvalue weighted by Gasteiger charge is 2.29. The summed E-state index contributed by atoms with van der Waals surface area (Å²) in [6.07, 6.45) is 11.4. The van der Waals surface area contributed by atoms with Crippen LogP contribution in [0.25, 0.3) is 0 Å². The van der Waals surface area contributed by atoms with Gasteiger partial charge in [0.25, 0.3) is 5.91 Å². The number of nitrogens with one attached hydrogen (secondary N) is 3. The normalized spacial score (nSPS) is 15.8. The summed E-state index contributed by atoms with van der Waals surface area (Å²) in [6, 6.07) is -0.325. The minimum absolute atomic E-state index is 0.195. The lowest BCUT2D eigenvalue weighted by Gasteiger charge is -2.27. The highest BCUT2D eigenvalue weighted by molar-refractivity contribution is 5.95. The van der Waals surface area contributed by atoms with Gasteiger partial charge in [0, 0.05) is 44.8 Å². The molecule has 1 aliphatic rings. The van der Waals surface area contributed by atoms with Crippen LogP contribution in [0, 0.1) is 5.92 Å². The maximum Gasteiger partial charge on any atom is 0.407 e. The molecule has 0 saturated heterocycles. The Bertz CT molecular complexity index is 1050. The number of anilines is 1. The lowest BCUT2D eigenvalue weighted by atomic mass is 9.93. The molecule has 0 aliphatic heterocycles. The second-order valence-corrected chi connectivity index (χ2v) is 11.1. The molecule has 10 heteroatoms. The van der Waals surface area contributed by atoms with E-state index in [1.807, 2.05) is 59.8 Å². The van der Waals surface area contributed by atoms with Crippen molar-refractivity contribution in [3.63, 3.8) is 0 Å². The molecule has 1 heterocycles. The number of allylic oxidation sites excluding steroid dienone is 6. The highest BCUT2D eigenvalue weighted by Crippen LogP contribution is 2.28. The van der Waals surface area contributed by atoms with E-state index in [4.69, 9.17) is 14.2 Å². The predicted octanol–water partition coefficient (Wildman–Crippen LogP) is 5.29. The Morgan fingerprint density at radius 3 is 2.39 bits per heavy atom. The summed E-state index contributed by atoms with van der Waals surface area (Å²) >= 11 is 0. The van der Waals surface area contributed by atoms with Crippen LogP contribution < -0.4 is 15.5 Å². The molecule has 1 aliphatic carbocycles. The van der Waals surface area contributed by atoms with Gasteiger partial charge in [-0.1, -0.05) is 56.7 Å². The Kier molecular flexibility index (Phi) is 14.1. The number of aromatic amines is 1. The number of aromatic nitrogens is 2. The van der Waals surface area contributed by atoms with Gasteiger partial charge in [0.05, 0.1) is 6.04 Å². The molecule has 2 unspecified atom stereocenters. The van der Waals surface area contributed by atoms with Crippen LogP contribution in [0.15, 0.2) is 36.0 Å². The Morgan fingerprint density at radius 1 is 1.07 bits per heavy atom. The average Bonchev–Trinajstić information content (AvgIpc) is 3.21. The first-order valence-corrected chi connectivity index (χ1v) is 14.9. The van der Waals surface area contributed by atoms with E-state index in [0.29, 0.717) is 57.2 Å². The standard InChI is InChI=1S/C31H51N5O5/c1-9-19-36(20-18-32-30(38)41-31(6,7)8)27-24(21-23-17-15-13-14-16-22(23)5)26(34-35-27)28(37)33-25(10-2)29(39-11-3)40-12-4/h13-17,22,25,29H,9-12,18-21H2,1-8H3,(H,32,38)(H,33,37)(H,34,35). The summed E-state index contributed by atoms with van der Waals surface area (Å²) in [7, 11) is 0. The summed E-state index contributed by atoms with van der Waals surface area (Å²) < 4.78 is 16.9. The van der Waals surface area contributed by atoms with Crippen LogP contribution in [0.3, 0.4) is 0 Å². The number of alkyl carbamates (subject to hydrolysis) is 1. The van der Waals surface area contributed by atoms with E-state index in [1.165, 1.54) is 5.57 Å². The Morgan fingerprint density at radius 2 is 1.78 bits per heavy atom. The fourth-order valence-corrected chi connectivity index (χ4v) is 4.56. The Labute approximate surface area is 245 Å². The summed E-state index contributed by atoms with van der Waals surface area (Å²) in [6.45, 7) is 18.1. The van der Waals surface area contributed by atoms with E-state index >= 15 is 0 Å². The van der Waals surface area contributed by atoms with Crippen LogP contribution in [-0.2, 0) is 20.6 Å². The molecule has 10 nitrogen and oxygen atoms in total. The number of nitrogens with zero attached hydrogens (tertiary/aromatic N) is 2. The van der Waals surface area contributed by atoms with Gasteiger partial charge in [0.15, 0.2) is 12.1 Å². The van der Waals surface area contributed by atoms with Gasteiger partial charge in [-0.2, -0.15) is 5.10 Å². The molecule has 41 heavy (non-hydrogen) atoms. The van der Waals surface area contributed by atoms with Crippen LogP contribution >= 0.6 is 0 Å². The van der Waals surface area contributed by atoms with Crippen molar-refractivity contribution in [1.29, 1.82) is 0 Å². The molecule has 0 aromatic carbocycles. The highest BCUT2D eigenvalue weighted by atomic mass is 16.7. The molecule has 0 fully saturated rings. The average molecular weight is 574 g/mol. The van der Waals surface area contributed by atoms with E-state index in [0.717, 1.165) is 12.0 Å². The van der Waals surface area contributed by atoms with Gasteiger partial charge in [-0.25, -0.2) is 4.79 Å². The number of ether oxygens (including phenoxy) is 3. The minimum atomic E-state index is -0.573. The van der Waals surface area contributed by atoms with Crippen molar-refractivity contribution in [1.82, 2.24) is 20.8 Å². The van der Waals surface area contributed by atoms with Crippen molar-refractivity contribution in [2.45, 2.75) is 92.6 Å². The van der Waals surface area contributed by atoms with E-state index in [1.54, 1.807) is 0 Å². The Balaban J connectivity index is 2.39. The number of carbonyl (C=O) groups is 2. The van der Waals surface area contributed by atoms with Gasteiger partial charge in [-0.15, -0.1) is 0 Å². The van der Waals surface area contributed by atoms with Crippen molar-refractivity contribution < 1.29 is 23.8 Å². The topological polar surface area (TPSA) is 118 Å². The molecule has 2 rings (SSSR count). The number of carbonyl (C=O) groups excluding carboxylic acids is 2. The summed E-state index contributed by atoms with van der Waals surface area (Å²) in [4.78, 5) is 28.1. The molecule has 0 bridgehead atoms. The van der Waals surface area contributed by atoms with Gasteiger partial charge in [0.2, 0.25) is 0 Å². The third-order valence-corrected chi connectivity index (χ3v) is 6.56. The number of rotatable bonds is 16. The lowest BCUT2D eigenvalue weighted by Crippen LogP contribution is -2.46. The molecule has 2 amide bonds. The molecular weight excluding hydrogens is 522 g/mol. The van der Waals surface area contributed by atoms with Crippen LogP contribution in [0.4, 0.5) is 10.6 Å². The van der Waals surface area contributed by atoms with E-state index in [-0.39, 0.29) is 17.9 Å². The van der Waals surface area contributed by atoms with Crippen molar-refractivity contribution in [2.75, 3.05) is 37.7 Å². The van der Waals surface area contributed by atoms with E-state index in [9.17, 15) is 9.59 Å². The lowest BCUT2D eigenvalue weighted by molar-refractivity contribution is -0.152. The fraction of sp³-hybridized carbons (Fsp3) is 0.645. The van der Waals surface area contributed by atoms with Crippen molar-refractivity contribution in [3.8, 4) is 0 Å². The first-order chi connectivity index (χ1) is 19.5. The van der Waals surface area contributed by atoms with E-state index in [2.05, 4.69) is 51.7 Å². The summed E-state index contributed by atoms with van der Waals surface area (Å²) in [5.74, 6) is 0.639. The smallest absolute Gasteiger partial charge is 0.407 e. The third-order valence-electron chi connectivity index (χ3n) is 6.56. The number of hydrogen-bond acceptors (Lipinski definition) is 7. The number of amides is 2. The molecule has 2 atom stereocenters. The second-order valence-electron chi connectivity index (χ2n) is 11.1. The fourth-order valence-electron chi connectivity index (χ4n) is 4.56. The molecule has 0 spiro atoms. The maximum atomic E-state index is 13.7. The molecular formula is C31H51N5O5. The van der Waals surface area contributed by atoms with Crippen LogP contribution in [0.1, 0.15) is 84.3 Å². The van der Waals surface area contributed by atoms with Gasteiger partial charge < -0.3 is 29.7 Å². The molecule has 0 radical (unpaired) electrons. The third kappa shape index (κ3) is 11.0. The number of H-pyrrole nitrogens is 1. The molecule has 0 saturated carbocycles. The van der Waals surface area contributed by atoms with Gasteiger partial charge in [0.1, 0.15) is 11.3 Å². The molecule has 3 N–H and O–H groups in total. The van der Waals surface area contributed by atoms with Gasteiger partial charge >= 0.3 is 6.09 Å². The van der Waals surface area contributed by atoms with Crippen molar-refractivity contribution in [2.24, 2.45) is 5.92 Å². The van der Waals surface area contributed by atoms with Crippen LogP contribution in [-0.4, -0.2) is 73.0 Å². The monoisotopic (exact) mass is 573 g/mol. The minimum Gasteiger partial charge on any atom is -0.444 e. The zero-order valence-electron chi connectivity index (χ0n) is 26.2. The zero-order valence-corrected chi connectivity index (χ0v) is 26.2. The number of hydrogen-bond donors (Lipinski definition) is 3. The first-order valence-electron chi connectivity index (χ1n) is 14.9. The van der Waals surface area contributed by atoms with Gasteiger partial charge in [-0.3, -0.25) is 9.89 Å². The van der Waals surface area contributed by atoms with E-state index < -0.39 is 18.0 Å². The molecule has 1 aromatic heterocycles. The van der Waals surface area contributed by atoms with Crippen molar-refractivity contribution >= 4 is 17.8 Å². The molecule has 230 valence electrons. The first kappa shape index (κ1) is 34.1. The summed E-state index contributed by atoms with van der Waals surface area (Å²) in [5.41, 5.74) is 1.82. The van der Waals surface area contributed by atoms with Gasteiger partial charge in [-0.05, 0) is 53.4 Å². The second kappa shape index (κ2) is 17.0. The zero-order chi connectivity index (χ0) is 30.4. The maximum absolute atomic E-state index is 13.7. The van der Waals surface area contributed by atoms with Crippen LogP contribution in [0.5, 0.6) is 0 Å². The molecule has 1 aromatic rings. The largest absolute Gasteiger partial charge is 0.444 e. The predicted molar refractivity (Wildman–Crippen MR) is 163 cm³/mol. The Hall–Kier alpha value is -3.11. The SMILES string of the molecule is CCCN(CCNC(=O)OC(C)(C)C)c1n[nH]c(C(=O)NC(CC)C(OCC)OCC)c1CC1=CC=CC=CC1C.